The molecule has 16 heavy (non-hydrogen) atoms. The highest BCUT2D eigenvalue weighted by Gasteiger charge is 2.05. The van der Waals surface area contributed by atoms with E-state index in [1.165, 1.54) is 17.5 Å². The molecule has 0 saturated heterocycles. The first-order valence-corrected chi connectivity index (χ1v) is 5.78. The van der Waals surface area contributed by atoms with E-state index in [4.69, 9.17) is 11.6 Å². The molecule has 0 unspecified atom stereocenters. The molecule has 0 aliphatic carbocycles. The number of nitrogens with one attached hydrogen (secondary N) is 1. The number of thiazole rings is 1. The Kier molecular flexibility index (Phi) is 3.48. The van der Waals surface area contributed by atoms with Gasteiger partial charge in [-0.2, -0.15) is 0 Å². The lowest BCUT2D eigenvalue weighted by Gasteiger charge is -2.02. The van der Waals surface area contributed by atoms with Crippen molar-refractivity contribution >= 4 is 28.8 Å². The van der Waals surface area contributed by atoms with Gasteiger partial charge in [-0.25, -0.2) is 4.98 Å². The van der Waals surface area contributed by atoms with Crippen molar-refractivity contribution in [2.24, 2.45) is 0 Å². The summed E-state index contributed by atoms with van der Waals surface area (Å²) in [5, 5.41) is 3.14. The molecule has 2 heterocycles. The highest BCUT2D eigenvalue weighted by Crippen LogP contribution is 2.07. The molecule has 2 aromatic heterocycles. The van der Waals surface area contributed by atoms with E-state index in [1.807, 2.05) is 0 Å². The van der Waals surface area contributed by atoms with Gasteiger partial charge in [-0.3, -0.25) is 9.78 Å². The Bertz CT molecular complexity index is 469. The molecule has 0 aliphatic rings. The monoisotopic (exact) mass is 253 g/mol. The molecule has 0 fully saturated rings. The molecule has 1 amide bonds. The number of nitrogens with zero attached hydrogens (tertiary/aromatic N) is 2. The average molecular weight is 254 g/mol. The third kappa shape index (κ3) is 2.77. The van der Waals surface area contributed by atoms with Gasteiger partial charge in [0.15, 0.2) is 0 Å². The van der Waals surface area contributed by atoms with Crippen LogP contribution >= 0.6 is 22.9 Å². The lowest BCUT2D eigenvalue weighted by Crippen LogP contribution is -2.22. The fraction of sp³-hybridized carbons (Fsp3) is 0.100. The second-order valence-corrected chi connectivity index (χ2v) is 4.38. The molecule has 1 N–H and O–H groups in total. The number of halogens is 1. The van der Waals surface area contributed by atoms with Crippen molar-refractivity contribution in [1.29, 1.82) is 0 Å². The number of aromatic nitrogens is 2. The van der Waals surface area contributed by atoms with Crippen LogP contribution in [0.4, 0.5) is 0 Å². The Morgan fingerprint density at radius 1 is 1.44 bits per heavy atom. The minimum Gasteiger partial charge on any atom is -0.347 e. The van der Waals surface area contributed by atoms with Crippen LogP contribution in [0.25, 0.3) is 0 Å². The van der Waals surface area contributed by atoms with Gasteiger partial charge in [0, 0.05) is 17.3 Å². The van der Waals surface area contributed by atoms with Crippen LogP contribution in [-0.2, 0) is 6.54 Å². The zero-order chi connectivity index (χ0) is 11.4. The number of pyridine rings is 1. The summed E-state index contributed by atoms with van der Waals surface area (Å²) in [6.07, 6.45) is 3.18. The molecule has 0 bridgehead atoms. The maximum Gasteiger partial charge on any atom is 0.253 e. The predicted octanol–water partition coefficient (Wildman–Crippen LogP) is 2.12. The summed E-state index contributed by atoms with van der Waals surface area (Å²) in [4.78, 5) is 20.4. The number of hydrogen-bond acceptors (Lipinski definition) is 4. The van der Waals surface area contributed by atoms with Crippen LogP contribution in [-0.4, -0.2) is 15.9 Å². The highest BCUT2D eigenvalue weighted by molar-refractivity contribution is 7.09. The van der Waals surface area contributed by atoms with Crippen LogP contribution < -0.4 is 5.32 Å². The second kappa shape index (κ2) is 5.05. The van der Waals surface area contributed by atoms with Gasteiger partial charge in [0.2, 0.25) is 0 Å². The quantitative estimate of drug-likeness (QED) is 0.853. The fourth-order valence-electron chi connectivity index (χ4n) is 1.11. The van der Waals surface area contributed by atoms with Crippen molar-refractivity contribution in [1.82, 2.24) is 15.3 Å². The number of carbonyl (C=O) groups is 1. The van der Waals surface area contributed by atoms with Gasteiger partial charge in [-0.05, 0) is 12.1 Å². The van der Waals surface area contributed by atoms with Crippen LogP contribution in [0.3, 0.4) is 0 Å². The van der Waals surface area contributed by atoms with Crippen molar-refractivity contribution < 1.29 is 4.79 Å². The van der Waals surface area contributed by atoms with Crippen LogP contribution in [0.15, 0.2) is 30.0 Å². The van der Waals surface area contributed by atoms with E-state index in [0.29, 0.717) is 17.3 Å². The summed E-state index contributed by atoms with van der Waals surface area (Å²) in [7, 11) is 0. The molecule has 0 aromatic carbocycles. The molecule has 0 radical (unpaired) electrons. The van der Waals surface area contributed by atoms with Crippen LogP contribution in [0.5, 0.6) is 0 Å². The van der Waals surface area contributed by atoms with E-state index < -0.39 is 0 Å². The summed E-state index contributed by atoms with van der Waals surface area (Å²) in [6.45, 7) is 0.478. The van der Waals surface area contributed by atoms with Crippen molar-refractivity contribution in [3.8, 4) is 0 Å². The summed E-state index contributed by atoms with van der Waals surface area (Å²) < 4.78 is 0. The van der Waals surface area contributed by atoms with Gasteiger partial charge < -0.3 is 5.32 Å². The first-order valence-electron chi connectivity index (χ1n) is 4.53. The third-order valence-corrected chi connectivity index (χ3v) is 2.90. The maximum atomic E-state index is 11.6. The van der Waals surface area contributed by atoms with Crippen LogP contribution in [0.1, 0.15) is 15.2 Å². The summed E-state index contributed by atoms with van der Waals surface area (Å²) in [5.74, 6) is -0.169. The van der Waals surface area contributed by atoms with Gasteiger partial charge in [0.05, 0.1) is 17.6 Å². The van der Waals surface area contributed by atoms with E-state index in [2.05, 4.69) is 15.3 Å². The highest BCUT2D eigenvalue weighted by atomic mass is 35.5. The Morgan fingerprint density at radius 3 is 2.94 bits per heavy atom. The smallest absolute Gasteiger partial charge is 0.253 e. The lowest BCUT2D eigenvalue weighted by molar-refractivity contribution is 0.0951. The van der Waals surface area contributed by atoms with E-state index >= 15 is 0 Å². The summed E-state index contributed by atoms with van der Waals surface area (Å²) in [5.41, 5.74) is 2.22. The minimum atomic E-state index is -0.169. The molecule has 0 atom stereocenters. The van der Waals surface area contributed by atoms with Gasteiger partial charge in [0.1, 0.15) is 5.15 Å². The summed E-state index contributed by atoms with van der Waals surface area (Å²) >= 11 is 7.13. The molecule has 82 valence electrons. The van der Waals surface area contributed by atoms with Crippen molar-refractivity contribution in [3.63, 3.8) is 0 Å². The molecule has 6 heteroatoms. The zero-order valence-corrected chi connectivity index (χ0v) is 9.76. The Hall–Kier alpha value is -1.46. The molecule has 4 nitrogen and oxygen atoms in total. The first kappa shape index (κ1) is 11.0. The van der Waals surface area contributed by atoms with Gasteiger partial charge in [0.25, 0.3) is 5.91 Å². The van der Waals surface area contributed by atoms with Gasteiger partial charge >= 0.3 is 0 Å². The molecule has 0 saturated carbocycles. The number of amides is 1. The lowest BCUT2D eigenvalue weighted by atomic mass is 10.3. The van der Waals surface area contributed by atoms with Gasteiger partial charge in [-0.15, -0.1) is 11.3 Å². The zero-order valence-electron chi connectivity index (χ0n) is 8.18. The van der Waals surface area contributed by atoms with Crippen LogP contribution in [0, 0.1) is 0 Å². The average Bonchev–Trinajstić information content (AvgIpc) is 2.80. The number of rotatable bonds is 3. The Morgan fingerprint density at radius 2 is 2.31 bits per heavy atom. The largest absolute Gasteiger partial charge is 0.347 e. The van der Waals surface area contributed by atoms with Crippen molar-refractivity contribution in [2.45, 2.75) is 6.54 Å². The van der Waals surface area contributed by atoms with E-state index in [1.54, 1.807) is 23.8 Å². The van der Waals surface area contributed by atoms with Crippen LogP contribution in [0.2, 0.25) is 5.15 Å². The van der Waals surface area contributed by atoms with Crippen molar-refractivity contribution in [3.05, 3.63) is 45.6 Å². The van der Waals surface area contributed by atoms with E-state index in [0.717, 1.165) is 4.88 Å². The summed E-state index contributed by atoms with van der Waals surface area (Å²) in [6, 6.07) is 3.22. The normalized spacial score (nSPS) is 10.1. The molecule has 2 rings (SSSR count). The third-order valence-electron chi connectivity index (χ3n) is 1.90. The molecule has 2 aromatic rings. The van der Waals surface area contributed by atoms with Crippen molar-refractivity contribution in [2.75, 3.05) is 0 Å². The minimum absolute atomic E-state index is 0.169. The van der Waals surface area contributed by atoms with E-state index in [9.17, 15) is 4.79 Å². The fourth-order valence-corrected chi connectivity index (χ4v) is 1.76. The molecule has 0 spiro atoms. The van der Waals surface area contributed by atoms with E-state index in [-0.39, 0.29) is 5.91 Å². The standard InChI is InChI=1S/C10H8ClN3OS/c11-9-2-1-7(3-13-9)10(15)14-5-8-4-12-6-16-8/h1-4,6H,5H2,(H,14,15). The number of carbonyl (C=O) groups excluding carboxylic acids is 1. The van der Waals surface area contributed by atoms with Gasteiger partial charge in [-0.1, -0.05) is 11.6 Å². The number of hydrogen-bond donors (Lipinski definition) is 1. The first-order chi connectivity index (χ1) is 7.75. The topological polar surface area (TPSA) is 54.9 Å². The second-order valence-electron chi connectivity index (χ2n) is 3.02. The maximum absolute atomic E-state index is 11.6. The Balaban J connectivity index is 1.95. The Labute approximate surface area is 101 Å². The predicted molar refractivity (Wildman–Crippen MR) is 62.5 cm³/mol. The molecule has 0 aliphatic heterocycles. The SMILES string of the molecule is O=C(NCc1cncs1)c1ccc(Cl)nc1. The molecular weight excluding hydrogens is 246 g/mol. The molecular formula is C10H8ClN3OS.